The predicted octanol–water partition coefficient (Wildman–Crippen LogP) is 6.80. The maximum absolute atomic E-state index is 12.2. The van der Waals surface area contributed by atoms with Crippen molar-refractivity contribution in [2.75, 3.05) is 19.8 Å². The molecule has 4 rings (SSSR count). The van der Waals surface area contributed by atoms with Crippen molar-refractivity contribution in [3.8, 4) is 11.5 Å². The molecule has 0 bridgehead atoms. The number of ether oxygens (including phenoxy) is 2. The lowest BCUT2D eigenvalue weighted by molar-refractivity contribution is -0.123. The zero-order valence-electron chi connectivity index (χ0n) is 22.2. The molecule has 0 fully saturated rings. The first kappa shape index (κ1) is 27.5. The van der Waals surface area contributed by atoms with E-state index in [1.165, 1.54) is 5.56 Å². The lowest BCUT2D eigenvalue weighted by atomic mass is 10.0. The number of nitrogens with one attached hydrogen (secondary N) is 1. The highest BCUT2D eigenvalue weighted by molar-refractivity contribution is 6.30. The van der Waals surface area contributed by atoms with Gasteiger partial charge in [0, 0.05) is 24.5 Å². The molecule has 0 spiro atoms. The first-order valence-corrected chi connectivity index (χ1v) is 13.7. The van der Waals surface area contributed by atoms with Gasteiger partial charge in [-0.05, 0) is 79.3 Å². The molecule has 1 amide bonds. The Morgan fingerprint density at radius 1 is 0.921 bits per heavy atom. The van der Waals surface area contributed by atoms with Gasteiger partial charge in [0.1, 0.15) is 17.3 Å². The van der Waals surface area contributed by atoms with Gasteiger partial charge in [0.15, 0.2) is 6.61 Å². The molecule has 7 heteroatoms. The van der Waals surface area contributed by atoms with Crippen molar-refractivity contribution < 1.29 is 14.3 Å². The number of amides is 1. The normalized spacial score (nSPS) is 11.2. The number of aryl methyl sites for hydroxylation is 2. The van der Waals surface area contributed by atoms with Crippen LogP contribution in [0.5, 0.6) is 11.5 Å². The van der Waals surface area contributed by atoms with Crippen LogP contribution in [0.4, 0.5) is 0 Å². The van der Waals surface area contributed by atoms with Crippen molar-refractivity contribution in [3.63, 3.8) is 0 Å². The van der Waals surface area contributed by atoms with E-state index in [0.717, 1.165) is 54.8 Å². The average molecular weight is 534 g/mol. The average Bonchev–Trinajstić information content (AvgIpc) is 3.28. The molecule has 0 unspecified atom stereocenters. The third kappa shape index (κ3) is 7.99. The van der Waals surface area contributed by atoms with Gasteiger partial charge < -0.3 is 19.4 Å². The summed E-state index contributed by atoms with van der Waals surface area (Å²) in [6, 6.07) is 23.6. The summed E-state index contributed by atoms with van der Waals surface area (Å²) in [6.07, 6.45) is 3.54. The van der Waals surface area contributed by atoms with Crippen LogP contribution in [-0.2, 0) is 17.8 Å². The number of nitrogens with zero attached hydrogens (tertiary/aromatic N) is 2. The molecule has 0 atom stereocenters. The SMILES string of the molecule is CC(C)c1ccc(OCCCCn2c(CCCNC(=O)COc3ccc(Cl)cc3)nc3ccccc32)cc1. The highest BCUT2D eigenvalue weighted by atomic mass is 35.5. The number of fused-ring (bicyclic) bond motifs is 1. The number of para-hydroxylation sites is 2. The molecule has 3 aromatic carbocycles. The Bertz CT molecular complexity index is 1300. The molecule has 1 N–H and O–H groups in total. The van der Waals surface area contributed by atoms with Gasteiger partial charge in [-0.1, -0.05) is 49.7 Å². The van der Waals surface area contributed by atoms with Gasteiger partial charge >= 0.3 is 0 Å². The van der Waals surface area contributed by atoms with E-state index >= 15 is 0 Å². The summed E-state index contributed by atoms with van der Waals surface area (Å²) < 4.78 is 13.8. The van der Waals surface area contributed by atoms with E-state index in [2.05, 4.69) is 66.2 Å². The quantitative estimate of drug-likeness (QED) is 0.181. The number of aromatic nitrogens is 2. The molecule has 0 aliphatic carbocycles. The van der Waals surface area contributed by atoms with Crippen molar-refractivity contribution in [3.05, 3.63) is 89.2 Å². The summed E-state index contributed by atoms with van der Waals surface area (Å²) in [5.41, 5.74) is 3.47. The lowest BCUT2D eigenvalue weighted by Gasteiger charge is -2.11. The smallest absolute Gasteiger partial charge is 0.257 e. The van der Waals surface area contributed by atoms with E-state index in [1.54, 1.807) is 24.3 Å². The predicted molar refractivity (Wildman–Crippen MR) is 153 cm³/mol. The van der Waals surface area contributed by atoms with Gasteiger partial charge in [0.05, 0.1) is 17.6 Å². The number of carbonyl (C=O) groups is 1. The standard InChI is InChI=1S/C31H36ClN3O3/c1-23(2)24-11-15-26(16-12-24)37-21-6-5-20-35-29-9-4-3-8-28(29)34-30(35)10-7-19-33-31(36)22-38-27-17-13-25(32)14-18-27/h3-4,8-9,11-18,23H,5-7,10,19-22H2,1-2H3,(H,33,36). The summed E-state index contributed by atoms with van der Waals surface area (Å²) in [6.45, 7) is 6.50. The molecule has 0 radical (unpaired) electrons. The summed E-state index contributed by atoms with van der Waals surface area (Å²) >= 11 is 5.88. The molecule has 0 aliphatic heterocycles. The number of unbranched alkanes of at least 4 members (excludes halogenated alkanes) is 1. The van der Waals surface area contributed by atoms with Crippen LogP contribution in [0.25, 0.3) is 11.0 Å². The molecular weight excluding hydrogens is 498 g/mol. The molecule has 0 saturated carbocycles. The highest BCUT2D eigenvalue weighted by Gasteiger charge is 2.11. The zero-order valence-corrected chi connectivity index (χ0v) is 22.9. The van der Waals surface area contributed by atoms with Gasteiger partial charge in [0.2, 0.25) is 0 Å². The number of halogens is 1. The lowest BCUT2D eigenvalue weighted by Crippen LogP contribution is -2.30. The molecule has 1 heterocycles. The van der Waals surface area contributed by atoms with Crippen molar-refractivity contribution in [2.45, 2.75) is 52.0 Å². The van der Waals surface area contributed by atoms with E-state index in [9.17, 15) is 4.79 Å². The zero-order chi connectivity index (χ0) is 26.7. The molecule has 4 aromatic rings. The van der Waals surface area contributed by atoms with Gasteiger partial charge in [-0.3, -0.25) is 4.79 Å². The Hall–Kier alpha value is -3.51. The van der Waals surface area contributed by atoms with E-state index in [4.69, 9.17) is 26.1 Å². The van der Waals surface area contributed by atoms with Crippen LogP contribution in [-0.4, -0.2) is 35.2 Å². The fraction of sp³-hybridized carbons (Fsp3) is 0.355. The number of hydrogen-bond acceptors (Lipinski definition) is 4. The summed E-state index contributed by atoms with van der Waals surface area (Å²) in [5, 5.41) is 3.56. The molecule has 6 nitrogen and oxygen atoms in total. The Labute approximate surface area is 229 Å². The second-order valence-electron chi connectivity index (χ2n) is 9.64. The maximum atomic E-state index is 12.2. The number of benzene rings is 3. The largest absolute Gasteiger partial charge is 0.494 e. The van der Waals surface area contributed by atoms with E-state index in [1.807, 2.05) is 6.07 Å². The van der Waals surface area contributed by atoms with Crippen LogP contribution in [0, 0.1) is 0 Å². The second-order valence-corrected chi connectivity index (χ2v) is 10.1. The van der Waals surface area contributed by atoms with Gasteiger partial charge in [-0.2, -0.15) is 0 Å². The summed E-state index contributed by atoms with van der Waals surface area (Å²) in [7, 11) is 0. The van der Waals surface area contributed by atoms with Crippen LogP contribution in [0.2, 0.25) is 5.02 Å². The fourth-order valence-electron chi connectivity index (χ4n) is 4.28. The van der Waals surface area contributed by atoms with Crippen LogP contribution >= 0.6 is 11.6 Å². The minimum absolute atomic E-state index is 0.0237. The summed E-state index contributed by atoms with van der Waals surface area (Å²) in [4.78, 5) is 17.0. The monoisotopic (exact) mass is 533 g/mol. The molecule has 1 aromatic heterocycles. The van der Waals surface area contributed by atoms with Gasteiger partial charge in [-0.25, -0.2) is 4.98 Å². The molecule has 0 aliphatic rings. The fourth-order valence-corrected chi connectivity index (χ4v) is 4.41. The third-order valence-electron chi connectivity index (χ3n) is 6.41. The molecule has 38 heavy (non-hydrogen) atoms. The highest BCUT2D eigenvalue weighted by Crippen LogP contribution is 2.20. The number of rotatable bonds is 14. The Morgan fingerprint density at radius 2 is 1.63 bits per heavy atom. The van der Waals surface area contributed by atoms with Crippen molar-refractivity contribution >= 4 is 28.5 Å². The topological polar surface area (TPSA) is 65.4 Å². The van der Waals surface area contributed by atoms with Crippen LogP contribution in [0.3, 0.4) is 0 Å². The van der Waals surface area contributed by atoms with Crippen LogP contribution in [0.15, 0.2) is 72.8 Å². The minimum atomic E-state index is -0.146. The maximum Gasteiger partial charge on any atom is 0.257 e. The first-order valence-electron chi connectivity index (χ1n) is 13.3. The number of hydrogen-bond donors (Lipinski definition) is 1. The van der Waals surface area contributed by atoms with E-state index < -0.39 is 0 Å². The third-order valence-corrected chi connectivity index (χ3v) is 6.66. The molecule has 0 saturated heterocycles. The Morgan fingerprint density at radius 3 is 2.39 bits per heavy atom. The Balaban J connectivity index is 1.21. The van der Waals surface area contributed by atoms with E-state index in [0.29, 0.717) is 29.8 Å². The van der Waals surface area contributed by atoms with Crippen LogP contribution in [0.1, 0.15) is 50.4 Å². The van der Waals surface area contributed by atoms with Crippen molar-refractivity contribution in [1.29, 1.82) is 0 Å². The second kappa shape index (κ2) is 13.9. The summed E-state index contributed by atoms with van der Waals surface area (Å²) in [5.74, 6) is 2.96. The molecular formula is C31H36ClN3O3. The van der Waals surface area contributed by atoms with Gasteiger partial charge in [0.25, 0.3) is 5.91 Å². The van der Waals surface area contributed by atoms with Gasteiger partial charge in [-0.15, -0.1) is 0 Å². The number of carbonyl (C=O) groups excluding carboxylic acids is 1. The number of imidazole rings is 1. The minimum Gasteiger partial charge on any atom is -0.494 e. The van der Waals surface area contributed by atoms with Crippen molar-refractivity contribution in [2.24, 2.45) is 0 Å². The molecule has 200 valence electrons. The van der Waals surface area contributed by atoms with Crippen molar-refractivity contribution in [1.82, 2.24) is 14.9 Å². The van der Waals surface area contributed by atoms with E-state index in [-0.39, 0.29) is 12.5 Å². The first-order chi connectivity index (χ1) is 18.5. The Kier molecular flexibility index (Phi) is 10.0. The van der Waals surface area contributed by atoms with Crippen LogP contribution < -0.4 is 14.8 Å².